The Kier molecular flexibility index (Phi) is 3.08. The van der Waals surface area contributed by atoms with Gasteiger partial charge in [-0.15, -0.1) is 0 Å². The van der Waals surface area contributed by atoms with Crippen LogP contribution in [0.5, 0.6) is 0 Å². The molecule has 0 aliphatic rings. The molecule has 4 N–H and O–H groups in total. The van der Waals surface area contributed by atoms with Gasteiger partial charge < -0.3 is 10.7 Å². The Labute approximate surface area is 86.2 Å². The summed E-state index contributed by atoms with van der Waals surface area (Å²) in [6, 6.07) is 6.90. The maximum absolute atomic E-state index is 10.6. The van der Waals surface area contributed by atoms with E-state index in [0.717, 1.165) is 0 Å². The number of fused-ring (bicyclic) bond motifs is 1. The van der Waals surface area contributed by atoms with Gasteiger partial charge in [-0.2, -0.15) is 8.42 Å². The monoisotopic (exact) mass is 230 g/mol. The van der Waals surface area contributed by atoms with E-state index >= 15 is 0 Å². The highest BCUT2D eigenvalue weighted by Gasteiger charge is 2.14. The fourth-order valence-corrected chi connectivity index (χ4v) is 1.75. The summed E-state index contributed by atoms with van der Waals surface area (Å²) in [5, 5.41) is 4.25. The lowest BCUT2D eigenvalue weighted by atomic mass is 10.2. The Balaban J connectivity index is 0.00000112. The van der Waals surface area contributed by atoms with E-state index in [1.165, 1.54) is 0 Å². The van der Waals surface area contributed by atoms with Crippen molar-refractivity contribution < 1.29 is 17.5 Å². The van der Waals surface area contributed by atoms with E-state index in [1.807, 2.05) is 0 Å². The molecule has 1 aromatic heterocycles. The highest BCUT2D eigenvalue weighted by molar-refractivity contribution is 7.85. The quantitative estimate of drug-likeness (QED) is 0.753. The molecule has 0 saturated carbocycles. The third-order valence-corrected chi connectivity index (χ3v) is 2.40. The molecule has 0 saturated heterocycles. The number of benzene rings is 1. The number of hydrogen-bond donors (Lipinski definition) is 2. The average molecular weight is 230 g/mol. The first-order valence-electron chi connectivity index (χ1n) is 3.85. The van der Waals surface area contributed by atoms with Crippen molar-refractivity contribution >= 4 is 21.0 Å². The van der Waals surface area contributed by atoms with Crippen molar-refractivity contribution in [3.8, 4) is 0 Å². The predicted octanol–water partition coefficient (Wildman–Crippen LogP) is 1.38. The summed E-state index contributed by atoms with van der Waals surface area (Å²) >= 11 is 0. The van der Waals surface area contributed by atoms with E-state index in [-0.39, 0.29) is 11.9 Å². The zero-order chi connectivity index (χ0) is 10.2. The van der Waals surface area contributed by atoms with Gasteiger partial charge in [-0.25, -0.2) is 0 Å². The normalized spacial score (nSPS) is 11.3. The molecule has 0 aliphatic heterocycles. The van der Waals surface area contributed by atoms with Crippen LogP contribution in [-0.2, 0) is 15.9 Å². The highest BCUT2D eigenvalue weighted by atomic mass is 32.2. The van der Waals surface area contributed by atoms with Crippen LogP contribution in [0.1, 0.15) is 5.76 Å². The summed E-state index contributed by atoms with van der Waals surface area (Å²) < 4.78 is 34.7. The van der Waals surface area contributed by atoms with Gasteiger partial charge in [0.1, 0.15) is 11.3 Å². The molecule has 82 valence electrons. The zero-order valence-electron chi connectivity index (χ0n) is 7.75. The lowest BCUT2D eigenvalue weighted by molar-refractivity contribution is 0.395. The molecular weight excluding hydrogens is 220 g/mol. The van der Waals surface area contributed by atoms with Crippen molar-refractivity contribution in [2.75, 3.05) is 0 Å². The van der Waals surface area contributed by atoms with Gasteiger partial charge >= 0.3 is 0 Å². The van der Waals surface area contributed by atoms with Crippen molar-refractivity contribution in [1.29, 1.82) is 0 Å². The summed E-state index contributed by atoms with van der Waals surface area (Å²) in [5.74, 6) is -0.392. The first kappa shape index (κ1) is 11.6. The third-order valence-electron chi connectivity index (χ3n) is 1.77. The Morgan fingerprint density at radius 2 is 2.00 bits per heavy atom. The molecule has 2 rings (SSSR count). The Morgan fingerprint density at radius 1 is 1.33 bits per heavy atom. The Hall–Kier alpha value is -1.44. The molecule has 0 fully saturated rings. The van der Waals surface area contributed by atoms with E-state index in [2.05, 4.69) is 5.16 Å². The van der Waals surface area contributed by atoms with Gasteiger partial charge in [0.05, 0.1) is 0 Å². The molecule has 0 unspecified atom stereocenters. The van der Waals surface area contributed by atoms with Crippen LogP contribution < -0.4 is 6.15 Å². The molecule has 15 heavy (non-hydrogen) atoms. The topological polar surface area (TPSA) is 115 Å². The van der Waals surface area contributed by atoms with E-state index in [9.17, 15) is 8.42 Å². The molecule has 0 aliphatic carbocycles. The molecule has 0 spiro atoms. The largest absolute Gasteiger partial charge is 0.359 e. The summed E-state index contributed by atoms with van der Waals surface area (Å²) in [7, 11) is -4.07. The lowest BCUT2D eigenvalue weighted by Gasteiger charge is -1.91. The van der Waals surface area contributed by atoms with E-state index < -0.39 is 15.9 Å². The van der Waals surface area contributed by atoms with Crippen LogP contribution in [0.2, 0.25) is 0 Å². The number of hydrogen-bond acceptors (Lipinski definition) is 5. The maximum Gasteiger partial charge on any atom is 0.272 e. The number of nitrogens with zero attached hydrogens (tertiary/aromatic N) is 1. The van der Waals surface area contributed by atoms with Crippen LogP contribution >= 0.6 is 0 Å². The van der Waals surface area contributed by atoms with Gasteiger partial charge in [0.2, 0.25) is 0 Å². The molecule has 7 heteroatoms. The van der Waals surface area contributed by atoms with Gasteiger partial charge in [0, 0.05) is 5.39 Å². The van der Waals surface area contributed by atoms with Gasteiger partial charge in [0.25, 0.3) is 10.1 Å². The van der Waals surface area contributed by atoms with Crippen LogP contribution in [0.15, 0.2) is 28.8 Å². The van der Waals surface area contributed by atoms with Crippen LogP contribution in [0.4, 0.5) is 0 Å². The second kappa shape index (κ2) is 3.97. The lowest BCUT2D eigenvalue weighted by Crippen LogP contribution is -2.00. The number of aromatic nitrogens is 1. The van der Waals surface area contributed by atoms with Gasteiger partial charge in [-0.1, -0.05) is 17.3 Å². The fourth-order valence-electron chi connectivity index (χ4n) is 1.21. The first-order valence-corrected chi connectivity index (χ1v) is 5.45. The minimum atomic E-state index is -4.07. The van der Waals surface area contributed by atoms with Crippen LogP contribution in [0, 0.1) is 0 Å². The van der Waals surface area contributed by atoms with Crippen molar-refractivity contribution in [1.82, 2.24) is 11.3 Å². The SMILES string of the molecule is N.O=S(=O)(O)Cc1onc2ccccc12. The summed E-state index contributed by atoms with van der Waals surface area (Å²) in [4.78, 5) is 0. The van der Waals surface area contributed by atoms with E-state index in [4.69, 9.17) is 9.08 Å². The Morgan fingerprint density at radius 3 is 2.67 bits per heavy atom. The minimum absolute atomic E-state index is 0. The molecule has 2 aromatic rings. The predicted molar refractivity (Wildman–Crippen MR) is 54.3 cm³/mol. The average Bonchev–Trinajstić information content (AvgIpc) is 2.47. The molecule has 1 heterocycles. The van der Waals surface area contributed by atoms with Gasteiger partial charge in [-0.05, 0) is 12.1 Å². The summed E-state index contributed by atoms with van der Waals surface area (Å²) in [5.41, 5.74) is 0.575. The Bertz CT molecular complexity index is 561. The van der Waals surface area contributed by atoms with E-state index in [1.54, 1.807) is 24.3 Å². The van der Waals surface area contributed by atoms with Gasteiger partial charge in [0.15, 0.2) is 5.76 Å². The zero-order valence-corrected chi connectivity index (χ0v) is 8.57. The molecule has 0 atom stereocenters. The summed E-state index contributed by atoms with van der Waals surface area (Å²) in [6.45, 7) is 0. The second-order valence-corrected chi connectivity index (χ2v) is 4.30. The van der Waals surface area contributed by atoms with Crippen molar-refractivity contribution in [3.05, 3.63) is 30.0 Å². The van der Waals surface area contributed by atoms with Crippen LogP contribution in [-0.4, -0.2) is 18.1 Å². The molecule has 6 nitrogen and oxygen atoms in total. The molecule has 0 amide bonds. The van der Waals surface area contributed by atoms with E-state index in [0.29, 0.717) is 10.9 Å². The summed E-state index contributed by atoms with van der Waals surface area (Å²) in [6.07, 6.45) is 0. The fraction of sp³-hybridized carbons (Fsp3) is 0.125. The maximum atomic E-state index is 10.6. The van der Waals surface area contributed by atoms with Crippen molar-refractivity contribution in [2.45, 2.75) is 5.75 Å². The van der Waals surface area contributed by atoms with Gasteiger partial charge in [-0.3, -0.25) is 4.55 Å². The molecule has 0 radical (unpaired) electrons. The first-order chi connectivity index (χ1) is 6.56. The molecule has 1 aromatic carbocycles. The smallest absolute Gasteiger partial charge is 0.272 e. The second-order valence-electron chi connectivity index (χ2n) is 2.85. The third kappa shape index (κ3) is 2.52. The molecule has 0 bridgehead atoms. The number of rotatable bonds is 2. The highest BCUT2D eigenvalue weighted by Crippen LogP contribution is 2.19. The van der Waals surface area contributed by atoms with Crippen molar-refractivity contribution in [3.63, 3.8) is 0 Å². The standard InChI is InChI=1S/C8H7NO4S.H3N/c10-14(11,12)5-8-6-3-1-2-4-7(6)9-13-8;/h1-4H,5H2,(H,10,11,12);1H3. The van der Waals surface area contributed by atoms with Crippen molar-refractivity contribution in [2.24, 2.45) is 0 Å². The van der Waals surface area contributed by atoms with Crippen LogP contribution in [0.3, 0.4) is 0 Å². The molecular formula is C8H10N2O4S. The van der Waals surface area contributed by atoms with Crippen LogP contribution in [0.25, 0.3) is 10.9 Å². The minimum Gasteiger partial charge on any atom is -0.359 e.